The van der Waals surface area contributed by atoms with Crippen molar-refractivity contribution in [1.82, 2.24) is 0 Å². The fraction of sp³-hybridized carbons (Fsp3) is 0.600. The van der Waals surface area contributed by atoms with Crippen LogP contribution in [-0.2, 0) is 0 Å². The first-order valence-corrected chi connectivity index (χ1v) is 6.59. The van der Waals surface area contributed by atoms with E-state index in [1.807, 2.05) is 6.07 Å². The fourth-order valence-electron chi connectivity index (χ4n) is 2.59. The van der Waals surface area contributed by atoms with Gasteiger partial charge in [-0.1, -0.05) is 19.9 Å². The Morgan fingerprint density at radius 2 is 1.94 bits per heavy atom. The number of hydrogen-bond donors (Lipinski definition) is 1. The summed E-state index contributed by atoms with van der Waals surface area (Å²) in [5, 5.41) is 0. The summed E-state index contributed by atoms with van der Waals surface area (Å²) in [4.78, 5) is 2.46. The molecule has 0 bridgehead atoms. The molecule has 94 valence electrons. The summed E-state index contributed by atoms with van der Waals surface area (Å²) in [7, 11) is 0. The molecule has 1 saturated heterocycles. The molecule has 1 fully saturated rings. The average Bonchev–Trinajstić information content (AvgIpc) is 2.43. The molecule has 2 heteroatoms. The molecule has 1 aromatic carbocycles. The molecule has 2 nitrogen and oxygen atoms in total. The lowest BCUT2D eigenvalue weighted by Gasteiger charge is -2.26. The highest BCUT2D eigenvalue weighted by Gasteiger charge is 2.23. The van der Waals surface area contributed by atoms with Gasteiger partial charge in [0, 0.05) is 13.1 Å². The lowest BCUT2D eigenvalue weighted by molar-refractivity contribution is 0.325. The van der Waals surface area contributed by atoms with E-state index in [0.717, 1.165) is 18.8 Å². The van der Waals surface area contributed by atoms with Crippen molar-refractivity contribution < 1.29 is 0 Å². The molecule has 0 atom stereocenters. The summed E-state index contributed by atoms with van der Waals surface area (Å²) in [5.74, 6) is 0. The van der Waals surface area contributed by atoms with Crippen LogP contribution in [0.3, 0.4) is 0 Å². The highest BCUT2D eigenvalue weighted by atomic mass is 15.1. The van der Waals surface area contributed by atoms with Crippen LogP contribution in [0.2, 0.25) is 0 Å². The van der Waals surface area contributed by atoms with E-state index in [1.54, 1.807) is 0 Å². The fourth-order valence-corrected chi connectivity index (χ4v) is 2.59. The molecule has 2 N–H and O–H groups in total. The van der Waals surface area contributed by atoms with Crippen LogP contribution in [0.25, 0.3) is 0 Å². The van der Waals surface area contributed by atoms with Crippen molar-refractivity contribution in [2.75, 3.05) is 23.7 Å². The number of nitrogens with two attached hydrogens (primary N) is 1. The van der Waals surface area contributed by atoms with Gasteiger partial charge in [-0.05, 0) is 49.3 Å². The third kappa shape index (κ3) is 2.93. The van der Waals surface area contributed by atoms with Crippen LogP contribution in [0.4, 0.5) is 11.4 Å². The van der Waals surface area contributed by atoms with E-state index in [1.165, 1.54) is 30.5 Å². The topological polar surface area (TPSA) is 29.3 Å². The maximum Gasteiger partial charge on any atom is 0.0602 e. The van der Waals surface area contributed by atoms with Gasteiger partial charge in [0.25, 0.3) is 0 Å². The molecule has 0 saturated carbocycles. The minimum atomic E-state index is 0.480. The predicted octanol–water partition coefficient (Wildman–Crippen LogP) is 3.59. The number of anilines is 2. The zero-order chi connectivity index (χ0) is 12.5. The van der Waals surface area contributed by atoms with Gasteiger partial charge in [-0.25, -0.2) is 0 Å². The van der Waals surface area contributed by atoms with Crippen LogP contribution < -0.4 is 10.6 Å². The molecule has 2 rings (SSSR count). The second-order valence-corrected chi connectivity index (χ2v) is 6.07. The Hall–Kier alpha value is -1.18. The van der Waals surface area contributed by atoms with Crippen molar-refractivity contribution in [3.63, 3.8) is 0 Å². The molecule has 0 radical (unpaired) electrons. The van der Waals surface area contributed by atoms with Crippen LogP contribution in [0, 0.1) is 12.3 Å². The van der Waals surface area contributed by atoms with Gasteiger partial charge in [0.15, 0.2) is 0 Å². The molecule has 0 amide bonds. The highest BCUT2D eigenvalue weighted by molar-refractivity contribution is 5.68. The quantitative estimate of drug-likeness (QED) is 0.750. The SMILES string of the molecule is Cc1ccc(N)c(N2CCCC(C)(C)CC2)c1. The summed E-state index contributed by atoms with van der Waals surface area (Å²) in [5.41, 5.74) is 10.0. The Morgan fingerprint density at radius 3 is 2.71 bits per heavy atom. The third-order valence-electron chi connectivity index (χ3n) is 3.87. The van der Waals surface area contributed by atoms with Crippen molar-refractivity contribution >= 4 is 11.4 Å². The Kier molecular flexibility index (Phi) is 3.32. The molecule has 0 spiro atoms. The maximum absolute atomic E-state index is 6.10. The van der Waals surface area contributed by atoms with Crippen molar-refractivity contribution in [2.45, 2.75) is 40.0 Å². The predicted molar refractivity (Wildman–Crippen MR) is 75.4 cm³/mol. The van der Waals surface area contributed by atoms with Crippen molar-refractivity contribution in [3.05, 3.63) is 23.8 Å². The molecule has 0 unspecified atom stereocenters. The van der Waals surface area contributed by atoms with E-state index in [-0.39, 0.29) is 0 Å². The lowest BCUT2D eigenvalue weighted by Crippen LogP contribution is -2.25. The molecular formula is C15H24N2. The summed E-state index contributed by atoms with van der Waals surface area (Å²) in [6.07, 6.45) is 3.83. The van der Waals surface area contributed by atoms with Crippen molar-refractivity contribution in [2.24, 2.45) is 5.41 Å². The van der Waals surface area contributed by atoms with Crippen molar-refractivity contribution in [1.29, 1.82) is 0 Å². The lowest BCUT2D eigenvalue weighted by atomic mass is 9.85. The third-order valence-corrected chi connectivity index (χ3v) is 3.87. The zero-order valence-electron chi connectivity index (χ0n) is 11.3. The first-order chi connectivity index (χ1) is 7.98. The number of nitrogen functional groups attached to an aromatic ring is 1. The van der Waals surface area contributed by atoms with E-state index in [2.05, 4.69) is 37.8 Å². The molecule has 1 aliphatic rings. The molecule has 1 heterocycles. The standard InChI is InChI=1S/C15H24N2/c1-12-5-6-13(16)14(11-12)17-9-4-7-15(2,3)8-10-17/h5-6,11H,4,7-10,16H2,1-3H3. The number of rotatable bonds is 1. The van der Waals surface area contributed by atoms with E-state index in [4.69, 9.17) is 5.73 Å². The average molecular weight is 232 g/mol. The summed E-state index contributed by atoms with van der Waals surface area (Å²) in [6.45, 7) is 9.13. The van der Waals surface area contributed by atoms with Crippen LogP contribution in [0.5, 0.6) is 0 Å². The number of benzene rings is 1. The summed E-state index contributed by atoms with van der Waals surface area (Å²) in [6, 6.07) is 6.33. The minimum Gasteiger partial charge on any atom is -0.397 e. The van der Waals surface area contributed by atoms with Gasteiger partial charge in [0.2, 0.25) is 0 Å². The highest BCUT2D eigenvalue weighted by Crippen LogP contribution is 2.33. The Morgan fingerprint density at radius 1 is 1.18 bits per heavy atom. The maximum atomic E-state index is 6.10. The van der Waals surface area contributed by atoms with E-state index in [9.17, 15) is 0 Å². The van der Waals surface area contributed by atoms with E-state index < -0.39 is 0 Å². The van der Waals surface area contributed by atoms with Gasteiger partial charge >= 0.3 is 0 Å². The Labute approximate surface area is 105 Å². The largest absolute Gasteiger partial charge is 0.397 e. The number of nitrogens with zero attached hydrogens (tertiary/aromatic N) is 1. The molecule has 1 aromatic rings. The van der Waals surface area contributed by atoms with Gasteiger partial charge < -0.3 is 10.6 Å². The van der Waals surface area contributed by atoms with Gasteiger partial charge in [0.1, 0.15) is 0 Å². The Bertz CT molecular complexity index is 396. The van der Waals surface area contributed by atoms with Crippen LogP contribution >= 0.6 is 0 Å². The van der Waals surface area contributed by atoms with Gasteiger partial charge in [-0.15, -0.1) is 0 Å². The van der Waals surface area contributed by atoms with Crippen molar-refractivity contribution in [3.8, 4) is 0 Å². The first kappa shape index (κ1) is 12.3. The van der Waals surface area contributed by atoms with Crippen LogP contribution in [-0.4, -0.2) is 13.1 Å². The zero-order valence-corrected chi connectivity index (χ0v) is 11.3. The van der Waals surface area contributed by atoms with Gasteiger partial charge in [-0.3, -0.25) is 0 Å². The first-order valence-electron chi connectivity index (χ1n) is 6.59. The van der Waals surface area contributed by atoms with Gasteiger partial charge in [-0.2, -0.15) is 0 Å². The second kappa shape index (κ2) is 4.59. The minimum absolute atomic E-state index is 0.480. The number of hydrogen-bond acceptors (Lipinski definition) is 2. The molecule has 1 aliphatic heterocycles. The molecule has 17 heavy (non-hydrogen) atoms. The van der Waals surface area contributed by atoms with E-state index in [0.29, 0.717) is 5.41 Å². The summed E-state index contributed by atoms with van der Waals surface area (Å²) >= 11 is 0. The molecular weight excluding hydrogens is 208 g/mol. The van der Waals surface area contributed by atoms with Crippen LogP contribution in [0.15, 0.2) is 18.2 Å². The monoisotopic (exact) mass is 232 g/mol. The molecule has 0 aliphatic carbocycles. The number of aryl methyl sites for hydroxylation is 1. The van der Waals surface area contributed by atoms with Crippen LogP contribution in [0.1, 0.15) is 38.7 Å². The molecule has 0 aromatic heterocycles. The normalized spacial score (nSPS) is 20.1. The van der Waals surface area contributed by atoms with E-state index >= 15 is 0 Å². The van der Waals surface area contributed by atoms with Gasteiger partial charge in [0.05, 0.1) is 11.4 Å². The Balaban J connectivity index is 2.19. The smallest absolute Gasteiger partial charge is 0.0602 e. The summed E-state index contributed by atoms with van der Waals surface area (Å²) < 4.78 is 0. The second-order valence-electron chi connectivity index (χ2n) is 6.07.